The molecule has 1 aromatic heterocycles. The van der Waals surface area contributed by atoms with Crippen molar-refractivity contribution in [1.29, 1.82) is 0 Å². The standard InChI is InChI=1S/C12H13FN4O2.C7H7F/c13-9-6-17(12(18)19-7-9)11-5-10(15-16-11)8-1-3-14-4-2-8;1-6-4-2-3-5-7(6)8/h1-4,9,11,16H,5-7H2;2-5H,1H3. The first kappa shape index (κ1) is 18.8. The van der Waals surface area contributed by atoms with Crippen LogP contribution in [0.1, 0.15) is 17.5 Å². The number of rotatable bonds is 2. The molecule has 1 N–H and O–H groups in total. The Morgan fingerprint density at radius 1 is 1.22 bits per heavy atom. The summed E-state index contributed by atoms with van der Waals surface area (Å²) < 4.78 is 30.4. The summed E-state index contributed by atoms with van der Waals surface area (Å²) >= 11 is 0. The molecule has 142 valence electrons. The summed E-state index contributed by atoms with van der Waals surface area (Å²) in [7, 11) is 0. The summed E-state index contributed by atoms with van der Waals surface area (Å²) in [5.74, 6) is -0.132. The topological polar surface area (TPSA) is 66.8 Å². The molecule has 2 aliphatic heterocycles. The van der Waals surface area contributed by atoms with Crippen LogP contribution in [-0.4, -0.2) is 47.2 Å². The van der Waals surface area contributed by atoms with Crippen LogP contribution in [0.3, 0.4) is 0 Å². The maximum absolute atomic E-state index is 13.3. The van der Waals surface area contributed by atoms with Crippen molar-refractivity contribution in [1.82, 2.24) is 15.3 Å². The Hall–Kier alpha value is -3.03. The van der Waals surface area contributed by atoms with Crippen molar-refractivity contribution >= 4 is 11.8 Å². The second kappa shape index (κ2) is 8.57. The van der Waals surface area contributed by atoms with Gasteiger partial charge in [0.1, 0.15) is 18.6 Å². The number of nitrogens with one attached hydrogen (secondary N) is 1. The summed E-state index contributed by atoms with van der Waals surface area (Å²) in [4.78, 5) is 16.9. The van der Waals surface area contributed by atoms with Gasteiger partial charge in [-0.2, -0.15) is 5.10 Å². The minimum atomic E-state index is -1.15. The van der Waals surface area contributed by atoms with E-state index in [1.807, 2.05) is 18.2 Å². The smallest absolute Gasteiger partial charge is 0.411 e. The number of amides is 1. The first-order valence-corrected chi connectivity index (χ1v) is 8.55. The number of hydrogen-bond donors (Lipinski definition) is 1. The van der Waals surface area contributed by atoms with Crippen LogP contribution in [0.15, 0.2) is 53.9 Å². The number of aromatic nitrogens is 1. The number of cyclic esters (lactones) is 1. The van der Waals surface area contributed by atoms with Crippen LogP contribution >= 0.6 is 0 Å². The van der Waals surface area contributed by atoms with E-state index in [-0.39, 0.29) is 25.1 Å². The van der Waals surface area contributed by atoms with Gasteiger partial charge in [0.05, 0.1) is 12.3 Å². The molecular weight excluding hydrogens is 354 g/mol. The molecule has 1 amide bonds. The summed E-state index contributed by atoms with van der Waals surface area (Å²) in [5.41, 5.74) is 5.31. The molecule has 0 aliphatic carbocycles. The van der Waals surface area contributed by atoms with Gasteiger partial charge in [-0.15, -0.1) is 0 Å². The van der Waals surface area contributed by atoms with Crippen molar-refractivity contribution in [2.45, 2.75) is 25.7 Å². The van der Waals surface area contributed by atoms with Crippen molar-refractivity contribution < 1.29 is 18.3 Å². The van der Waals surface area contributed by atoms with Crippen LogP contribution < -0.4 is 5.43 Å². The Balaban J connectivity index is 0.000000221. The Kier molecular flexibility index (Phi) is 5.95. The quantitative estimate of drug-likeness (QED) is 0.878. The van der Waals surface area contributed by atoms with Gasteiger partial charge in [0.25, 0.3) is 0 Å². The lowest BCUT2D eigenvalue weighted by Crippen LogP contribution is -2.52. The van der Waals surface area contributed by atoms with Crippen LogP contribution in [0.4, 0.5) is 13.6 Å². The van der Waals surface area contributed by atoms with Crippen LogP contribution in [-0.2, 0) is 4.74 Å². The van der Waals surface area contributed by atoms with Crippen molar-refractivity contribution in [3.8, 4) is 0 Å². The van der Waals surface area contributed by atoms with Crippen LogP contribution in [0.25, 0.3) is 0 Å². The second-order valence-electron chi connectivity index (χ2n) is 6.22. The number of nitrogens with zero attached hydrogens (tertiary/aromatic N) is 3. The molecule has 2 atom stereocenters. The first-order chi connectivity index (χ1) is 13.0. The fourth-order valence-electron chi connectivity index (χ4n) is 2.72. The fraction of sp³-hybridized carbons (Fsp3) is 0.316. The van der Waals surface area contributed by atoms with Gasteiger partial charge in [0.15, 0.2) is 6.17 Å². The highest BCUT2D eigenvalue weighted by molar-refractivity contribution is 6.01. The van der Waals surface area contributed by atoms with Crippen molar-refractivity contribution in [2.24, 2.45) is 5.10 Å². The maximum atomic E-state index is 13.3. The fourth-order valence-corrected chi connectivity index (χ4v) is 2.72. The number of hydrazone groups is 1. The highest BCUT2D eigenvalue weighted by Gasteiger charge is 2.35. The van der Waals surface area contributed by atoms with Crippen LogP contribution in [0, 0.1) is 12.7 Å². The van der Waals surface area contributed by atoms with Gasteiger partial charge in [-0.25, -0.2) is 13.6 Å². The van der Waals surface area contributed by atoms with E-state index >= 15 is 0 Å². The van der Waals surface area contributed by atoms with Gasteiger partial charge in [-0.05, 0) is 30.7 Å². The lowest BCUT2D eigenvalue weighted by atomic mass is 10.1. The van der Waals surface area contributed by atoms with E-state index in [0.717, 1.165) is 11.3 Å². The van der Waals surface area contributed by atoms with Crippen LogP contribution in [0.5, 0.6) is 0 Å². The number of ether oxygens (including phenoxy) is 1. The predicted molar refractivity (Wildman–Crippen MR) is 96.4 cm³/mol. The Morgan fingerprint density at radius 2 is 1.96 bits per heavy atom. The number of aryl methyl sites for hydroxylation is 1. The predicted octanol–water partition coefficient (Wildman–Crippen LogP) is 3.03. The van der Waals surface area contributed by atoms with Gasteiger partial charge in [0.2, 0.25) is 0 Å². The minimum absolute atomic E-state index is 0.0373. The lowest BCUT2D eigenvalue weighted by molar-refractivity contribution is 0.0109. The normalized spacial score (nSPS) is 21.5. The van der Waals surface area contributed by atoms with Gasteiger partial charge in [0, 0.05) is 24.4 Å². The molecule has 2 unspecified atom stereocenters. The molecule has 0 spiro atoms. The third-order valence-corrected chi connectivity index (χ3v) is 4.22. The number of alkyl halides is 1. The Labute approximate surface area is 155 Å². The highest BCUT2D eigenvalue weighted by atomic mass is 19.1. The van der Waals surface area contributed by atoms with Gasteiger partial charge in [-0.1, -0.05) is 18.2 Å². The molecule has 2 aromatic rings. The summed E-state index contributed by atoms with van der Waals surface area (Å²) in [6, 6.07) is 10.4. The highest BCUT2D eigenvalue weighted by Crippen LogP contribution is 2.18. The van der Waals surface area contributed by atoms with E-state index in [2.05, 4.69) is 15.5 Å². The number of benzene rings is 1. The SMILES string of the molecule is Cc1ccccc1F.O=C1OCC(F)CN1C1CC(c2ccncc2)=NN1. The molecule has 1 saturated heterocycles. The van der Waals surface area contributed by atoms with Crippen molar-refractivity contribution in [3.63, 3.8) is 0 Å². The summed E-state index contributed by atoms with van der Waals surface area (Å²) in [6.45, 7) is 1.62. The molecule has 1 fully saturated rings. The second-order valence-corrected chi connectivity index (χ2v) is 6.22. The third kappa shape index (κ3) is 4.78. The molecule has 4 rings (SSSR count). The van der Waals surface area contributed by atoms with E-state index in [9.17, 15) is 13.6 Å². The monoisotopic (exact) mass is 374 g/mol. The van der Waals surface area contributed by atoms with Gasteiger partial charge >= 0.3 is 6.09 Å². The van der Waals surface area contributed by atoms with E-state index in [1.165, 1.54) is 11.0 Å². The Bertz CT molecular complexity index is 795. The van der Waals surface area contributed by atoms with Crippen LogP contribution in [0.2, 0.25) is 0 Å². The molecule has 2 aliphatic rings. The van der Waals surface area contributed by atoms with Gasteiger partial charge < -0.3 is 4.74 Å². The van der Waals surface area contributed by atoms with Gasteiger partial charge in [-0.3, -0.25) is 15.3 Å². The van der Waals surface area contributed by atoms with E-state index in [1.54, 1.807) is 31.5 Å². The first-order valence-electron chi connectivity index (χ1n) is 8.55. The largest absolute Gasteiger partial charge is 0.446 e. The van der Waals surface area contributed by atoms with E-state index in [0.29, 0.717) is 12.0 Å². The molecule has 0 saturated carbocycles. The molecule has 1 aromatic carbocycles. The molecule has 0 radical (unpaired) electrons. The van der Waals surface area contributed by atoms with E-state index in [4.69, 9.17) is 4.74 Å². The number of halogens is 2. The number of hydrogen-bond acceptors (Lipinski definition) is 5. The number of pyridine rings is 1. The molecular formula is C19H20F2N4O2. The molecule has 6 nitrogen and oxygen atoms in total. The molecule has 0 bridgehead atoms. The lowest BCUT2D eigenvalue weighted by Gasteiger charge is -2.32. The third-order valence-electron chi connectivity index (χ3n) is 4.22. The minimum Gasteiger partial charge on any atom is -0.446 e. The zero-order chi connectivity index (χ0) is 19.2. The van der Waals surface area contributed by atoms with E-state index < -0.39 is 12.3 Å². The van der Waals surface area contributed by atoms with Crippen molar-refractivity contribution in [3.05, 3.63) is 65.7 Å². The summed E-state index contributed by atoms with van der Waals surface area (Å²) in [5, 5.41) is 4.19. The average Bonchev–Trinajstić information content (AvgIpc) is 3.17. The number of carbonyl (C=O) groups is 1. The maximum Gasteiger partial charge on any atom is 0.411 e. The van der Waals surface area contributed by atoms with Crippen molar-refractivity contribution in [2.75, 3.05) is 13.2 Å². The Morgan fingerprint density at radius 3 is 2.63 bits per heavy atom. The molecule has 3 heterocycles. The zero-order valence-corrected chi connectivity index (χ0v) is 14.8. The molecule has 8 heteroatoms. The summed E-state index contributed by atoms with van der Waals surface area (Å²) in [6.07, 6.45) is 1.87. The average molecular weight is 374 g/mol. The number of carbonyl (C=O) groups excluding carboxylic acids is 1. The zero-order valence-electron chi connectivity index (χ0n) is 14.8. The molecule has 27 heavy (non-hydrogen) atoms.